The Bertz CT molecular complexity index is 316. The summed E-state index contributed by atoms with van der Waals surface area (Å²) >= 11 is 0. The van der Waals surface area contributed by atoms with Crippen molar-refractivity contribution in [3.63, 3.8) is 0 Å². The van der Waals surface area contributed by atoms with Crippen molar-refractivity contribution < 1.29 is 5.11 Å². The molecule has 0 bridgehead atoms. The van der Waals surface area contributed by atoms with E-state index < -0.39 is 0 Å². The van der Waals surface area contributed by atoms with Gasteiger partial charge in [-0.1, -0.05) is 6.07 Å². The molecule has 13 heavy (non-hydrogen) atoms. The van der Waals surface area contributed by atoms with E-state index in [0.717, 1.165) is 18.5 Å². The van der Waals surface area contributed by atoms with Gasteiger partial charge in [0.25, 0.3) is 0 Å². The fourth-order valence-electron chi connectivity index (χ4n) is 1.99. The van der Waals surface area contributed by atoms with Gasteiger partial charge in [-0.25, -0.2) is 0 Å². The van der Waals surface area contributed by atoms with Crippen LogP contribution in [0, 0.1) is 6.92 Å². The molecule has 1 N–H and O–H groups in total. The molecular formula is C11H15NO. The lowest BCUT2D eigenvalue weighted by Crippen LogP contribution is -2.24. The molecule has 1 aliphatic carbocycles. The van der Waals surface area contributed by atoms with E-state index in [1.54, 1.807) is 0 Å². The lowest BCUT2D eigenvalue weighted by atomic mass is 9.92. The Labute approximate surface area is 78.6 Å². The van der Waals surface area contributed by atoms with Crippen LogP contribution in [0.2, 0.25) is 0 Å². The van der Waals surface area contributed by atoms with Gasteiger partial charge in [0.2, 0.25) is 0 Å². The van der Waals surface area contributed by atoms with E-state index in [4.69, 9.17) is 0 Å². The van der Waals surface area contributed by atoms with Crippen molar-refractivity contribution in [1.82, 2.24) is 4.98 Å². The maximum Gasteiger partial charge on any atom is 0.0623 e. The van der Waals surface area contributed by atoms with Crippen molar-refractivity contribution in [2.24, 2.45) is 0 Å². The third kappa shape index (κ3) is 1.25. The number of hydrogen-bond acceptors (Lipinski definition) is 2. The summed E-state index contributed by atoms with van der Waals surface area (Å²) < 4.78 is 0. The lowest BCUT2D eigenvalue weighted by molar-refractivity contribution is 0.148. The molecule has 1 unspecified atom stereocenters. The van der Waals surface area contributed by atoms with Gasteiger partial charge in [0.15, 0.2) is 0 Å². The summed E-state index contributed by atoms with van der Waals surface area (Å²) in [6.07, 6.45) is 3.68. The fourth-order valence-corrected chi connectivity index (χ4v) is 1.99. The van der Waals surface area contributed by atoms with Crippen LogP contribution in [0.1, 0.15) is 31.0 Å². The highest BCUT2D eigenvalue weighted by Crippen LogP contribution is 2.50. The SMILES string of the molecule is Cc1cccnc1C1(C(C)O)CC1. The molecule has 1 atom stereocenters. The fraction of sp³-hybridized carbons (Fsp3) is 0.545. The number of hydrogen-bond donors (Lipinski definition) is 1. The van der Waals surface area contributed by atoms with Crippen LogP contribution in [0.4, 0.5) is 0 Å². The first-order valence-electron chi connectivity index (χ1n) is 4.77. The number of nitrogens with zero attached hydrogens (tertiary/aromatic N) is 1. The predicted molar refractivity (Wildman–Crippen MR) is 51.6 cm³/mol. The Balaban J connectivity index is 2.41. The summed E-state index contributed by atoms with van der Waals surface area (Å²) in [5, 5.41) is 9.68. The third-order valence-corrected chi connectivity index (χ3v) is 3.07. The zero-order chi connectivity index (χ0) is 9.47. The van der Waals surface area contributed by atoms with Gasteiger partial charge in [-0.2, -0.15) is 0 Å². The van der Waals surface area contributed by atoms with Crippen LogP contribution in [0.3, 0.4) is 0 Å². The van der Waals surface area contributed by atoms with Crippen molar-refractivity contribution >= 4 is 0 Å². The quantitative estimate of drug-likeness (QED) is 0.747. The molecule has 1 aromatic rings. The Hall–Kier alpha value is -0.890. The molecule has 1 aromatic heterocycles. The largest absolute Gasteiger partial charge is 0.392 e. The molecule has 0 saturated heterocycles. The van der Waals surface area contributed by atoms with E-state index >= 15 is 0 Å². The van der Waals surface area contributed by atoms with Crippen molar-refractivity contribution in [3.8, 4) is 0 Å². The average molecular weight is 177 g/mol. The Morgan fingerprint density at radius 1 is 1.54 bits per heavy atom. The number of rotatable bonds is 2. The molecule has 1 fully saturated rings. The smallest absolute Gasteiger partial charge is 0.0623 e. The van der Waals surface area contributed by atoms with Gasteiger partial charge in [-0.05, 0) is 38.3 Å². The number of aromatic nitrogens is 1. The maximum absolute atomic E-state index is 9.68. The molecule has 0 aliphatic heterocycles. The molecule has 70 valence electrons. The average Bonchev–Trinajstić information content (AvgIpc) is 2.85. The minimum Gasteiger partial charge on any atom is -0.392 e. The van der Waals surface area contributed by atoms with E-state index in [2.05, 4.69) is 18.0 Å². The monoisotopic (exact) mass is 177 g/mol. The molecule has 1 aliphatic rings. The minimum absolute atomic E-state index is 0.0225. The first-order chi connectivity index (χ1) is 6.17. The topological polar surface area (TPSA) is 33.1 Å². The highest BCUT2D eigenvalue weighted by Gasteiger charge is 2.50. The second-order valence-electron chi connectivity index (χ2n) is 4.00. The Kier molecular flexibility index (Phi) is 1.88. The maximum atomic E-state index is 9.68. The normalized spacial score (nSPS) is 21.2. The van der Waals surface area contributed by atoms with Gasteiger partial charge >= 0.3 is 0 Å². The van der Waals surface area contributed by atoms with Crippen LogP contribution in [0.15, 0.2) is 18.3 Å². The molecule has 0 radical (unpaired) electrons. The second kappa shape index (κ2) is 2.81. The van der Waals surface area contributed by atoms with E-state index in [1.807, 2.05) is 19.2 Å². The molecule has 0 aromatic carbocycles. The van der Waals surface area contributed by atoms with Gasteiger partial charge in [-0.15, -0.1) is 0 Å². The lowest BCUT2D eigenvalue weighted by Gasteiger charge is -2.19. The number of aliphatic hydroxyl groups excluding tert-OH is 1. The standard InChI is InChI=1S/C11H15NO/c1-8-4-3-7-12-10(8)11(5-6-11)9(2)13/h3-4,7,9,13H,5-6H2,1-2H3. The van der Waals surface area contributed by atoms with Crippen LogP contribution < -0.4 is 0 Å². The van der Waals surface area contributed by atoms with E-state index in [-0.39, 0.29) is 11.5 Å². The van der Waals surface area contributed by atoms with Crippen molar-refractivity contribution in [2.75, 3.05) is 0 Å². The zero-order valence-corrected chi connectivity index (χ0v) is 8.12. The van der Waals surface area contributed by atoms with Crippen LogP contribution in [-0.2, 0) is 5.41 Å². The van der Waals surface area contributed by atoms with Crippen LogP contribution >= 0.6 is 0 Å². The summed E-state index contributed by atoms with van der Waals surface area (Å²) in [6, 6.07) is 4.00. The summed E-state index contributed by atoms with van der Waals surface area (Å²) in [6.45, 7) is 3.92. The van der Waals surface area contributed by atoms with Gasteiger partial charge < -0.3 is 5.11 Å². The van der Waals surface area contributed by atoms with Crippen molar-refractivity contribution in [2.45, 2.75) is 38.2 Å². The highest BCUT2D eigenvalue weighted by molar-refractivity contribution is 5.33. The summed E-state index contributed by atoms with van der Waals surface area (Å²) in [5.74, 6) is 0. The van der Waals surface area contributed by atoms with Gasteiger partial charge in [0, 0.05) is 11.6 Å². The van der Waals surface area contributed by atoms with E-state index in [9.17, 15) is 5.11 Å². The molecule has 0 amide bonds. The molecule has 2 heteroatoms. The molecule has 0 spiro atoms. The first-order valence-corrected chi connectivity index (χ1v) is 4.77. The Morgan fingerprint density at radius 2 is 2.23 bits per heavy atom. The minimum atomic E-state index is -0.277. The van der Waals surface area contributed by atoms with Gasteiger partial charge in [0.05, 0.1) is 11.8 Å². The van der Waals surface area contributed by atoms with E-state index in [1.165, 1.54) is 5.56 Å². The summed E-state index contributed by atoms with van der Waals surface area (Å²) in [7, 11) is 0. The molecule has 2 rings (SSSR count). The van der Waals surface area contributed by atoms with Crippen molar-refractivity contribution in [1.29, 1.82) is 0 Å². The van der Waals surface area contributed by atoms with Crippen LogP contribution in [0.5, 0.6) is 0 Å². The number of pyridine rings is 1. The van der Waals surface area contributed by atoms with E-state index in [0.29, 0.717) is 0 Å². The molecular weight excluding hydrogens is 162 g/mol. The molecule has 2 nitrogen and oxygen atoms in total. The van der Waals surface area contributed by atoms with Gasteiger partial charge in [0.1, 0.15) is 0 Å². The van der Waals surface area contributed by atoms with Crippen molar-refractivity contribution in [3.05, 3.63) is 29.6 Å². The van der Waals surface area contributed by atoms with Crippen LogP contribution in [0.25, 0.3) is 0 Å². The summed E-state index contributed by atoms with van der Waals surface area (Å²) in [5.41, 5.74) is 2.26. The summed E-state index contributed by atoms with van der Waals surface area (Å²) in [4.78, 5) is 4.37. The second-order valence-corrected chi connectivity index (χ2v) is 4.00. The van der Waals surface area contributed by atoms with Gasteiger partial charge in [-0.3, -0.25) is 4.98 Å². The predicted octanol–water partition coefficient (Wildman–Crippen LogP) is 1.80. The third-order valence-electron chi connectivity index (χ3n) is 3.07. The Morgan fingerprint density at radius 3 is 2.69 bits per heavy atom. The molecule has 1 heterocycles. The highest BCUT2D eigenvalue weighted by atomic mass is 16.3. The molecule has 1 saturated carbocycles. The number of aryl methyl sites for hydroxylation is 1. The number of aliphatic hydroxyl groups is 1. The zero-order valence-electron chi connectivity index (χ0n) is 8.12. The first kappa shape index (κ1) is 8.70. The van der Waals surface area contributed by atoms with Crippen LogP contribution in [-0.4, -0.2) is 16.2 Å².